The summed E-state index contributed by atoms with van der Waals surface area (Å²) in [5.41, 5.74) is 4.28. The number of benzene rings is 2. The van der Waals surface area contributed by atoms with E-state index < -0.39 is 0 Å². The molecule has 0 aromatic heterocycles. The molecule has 0 unspecified atom stereocenters. The molecule has 15 heavy (non-hydrogen) atoms. The Morgan fingerprint density at radius 3 is 1.40 bits per heavy atom. The van der Waals surface area contributed by atoms with Gasteiger partial charge in [-0.15, -0.1) is 0 Å². The van der Waals surface area contributed by atoms with E-state index in [1.807, 2.05) is 48.5 Å². The topological polar surface area (TPSA) is 12.0 Å². The van der Waals surface area contributed by atoms with Gasteiger partial charge in [0.1, 0.15) is 0 Å². The zero-order valence-corrected chi connectivity index (χ0v) is 8.12. The van der Waals surface area contributed by atoms with E-state index in [-0.39, 0.29) is 0 Å². The predicted octanol–water partition coefficient (Wildman–Crippen LogP) is 3.14. The first-order valence-corrected chi connectivity index (χ1v) is 4.89. The lowest BCUT2D eigenvalue weighted by atomic mass is 10.2. The Morgan fingerprint density at radius 2 is 1.00 bits per heavy atom. The maximum atomic E-state index is 3.33. The van der Waals surface area contributed by atoms with Crippen LogP contribution in [0.25, 0.3) is 0 Å². The first-order chi connectivity index (χ1) is 7.40. The Bertz CT molecular complexity index is 489. The standard InChI is InChI=1S/C14H9N/c1-2-12-5-9-14(10-6-12)15-13-7-3-11(1)4-8-13/h3-10,15H. The van der Waals surface area contributed by atoms with Gasteiger partial charge in [-0.1, -0.05) is 11.8 Å². The number of rotatable bonds is 0. The molecule has 4 bridgehead atoms. The van der Waals surface area contributed by atoms with Crippen molar-refractivity contribution in [2.75, 3.05) is 5.32 Å². The molecule has 6 rings (SSSR count). The summed E-state index contributed by atoms with van der Waals surface area (Å²) in [5.74, 6) is 6.27. The number of hydrogen-bond donors (Lipinski definition) is 1. The molecular weight excluding hydrogens is 182 g/mol. The molecular formula is C14H9N. The molecule has 0 saturated carbocycles. The van der Waals surface area contributed by atoms with Crippen molar-refractivity contribution in [3.05, 3.63) is 59.7 Å². The molecule has 0 fully saturated rings. The van der Waals surface area contributed by atoms with Crippen molar-refractivity contribution >= 4 is 11.4 Å². The van der Waals surface area contributed by atoms with E-state index in [0.717, 1.165) is 22.5 Å². The molecule has 1 nitrogen and oxygen atoms in total. The van der Waals surface area contributed by atoms with E-state index in [1.165, 1.54) is 0 Å². The highest BCUT2D eigenvalue weighted by atomic mass is 14.9. The van der Waals surface area contributed by atoms with E-state index in [2.05, 4.69) is 17.2 Å². The van der Waals surface area contributed by atoms with Gasteiger partial charge in [-0.3, -0.25) is 0 Å². The van der Waals surface area contributed by atoms with Gasteiger partial charge in [-0.2, -0.15) is 0 Å². The zero-order valence-electron chi connectivity index (χ0n) is 8.12. The van der Waals surface area contributed by atoms with Crippen LogP contribution in [0, 0.1) is 11.8 Å². The van der Waals surface area contributed by atoms with Gasteiger partial charge in [-0.05, 0) is 48.5 Å². The van der Waals surface area contributed by atoms with Gasteiger partial charge >= 0.3 is 0 Å². The number of anilines is 2. The first-order valence-electron chi connectivity index (χ1n) is 4.89. The average molecular weight is 191 g/mol. The normalized spacial score (nSPS) is 11.2. The molecule has 4 aliphatic rings. The molecule has 2 aromatic carbocycles. The average Bonchev–Trinajstić information content (AvgIpc) is 2.39. The van der Waals surface area contributed by atoms with Gasteiger partial charge in [0, 0.05) is 22.5 Å². The van der Waals surface area contributed by atoms with Crippen LogP contribution in [0.4, 0.5) is 11.4 Å². The quantitative estimate of drug-likeness (QED) is 0.538. The largest absolute Gasteiger partial charge is 0.356 e. The van der Waals surface area contributed by atoms with Gasteiger partial charge in [0.2, 0.25) is 0 Å². The number of nitrogens with one attached hydrogen (secondary N) is 1. The Morgan fingerprint density at radius 1 is 0.600 bits per heavy atom. The molecule has 4 aliphatic heterocycles. The third-order valence-corrected chi connectivity index (χ3v) is 2.41. The van der Waals surface area contributed by atoms with Gasteiger partial charge in [0.05, 0.1) is 0 Å². The Hall–Kier alpha value is -2.20. The summed E-state index contributed by atoms with van der Waals surface area (Å²) in [6.07, 6.45) is 0. The van der Waals surface area contributed by atoms with Crippen molar-refractivity contribution in [1.29, 1.82) is 0 Å². The third kappa shape index (κ3) is 1.58. The van der Waals surface area contributed by atoms with Crippen LogP contribution in [0.1, 0.15) is 11.1 Å². The molecule has 4 heterocycles. The first kappa shape index (κ1) is 8.14. The highest BCUT2D eigenvalue weighted by Crippen LogP contribution is 2.18. The summed E-state index contributed by atoms with van der Waals surface area (Å²) in [5, 5.41) is 3.33. The van der Waals surface area contributed by atoms with Crippen LogP contribution >= 0.6 is 0 Å². The second kappa shape index (κ2) is 3.18. The van der Waals surface area contributed by atoms with Crippen molar-refractivity contribution in [2.45, 2.75) is 0 Å². The lowest BCUT2D eigenvalue weighted by molar-refractivity contribution is 1.54. The zero-order chi connectivity index (χ0) is 10.1. The Kier molecular flexibility index (Phi) is 1.73. The van der Waals surface area contributed by atoms with Crippen molar-refractivity contribution in [3.8, 4) is 11.8 Å². The maximum absolute atomic E-state index is 3.33. The van der Waals surface area contributed by atoms with Crippen LogP contribution in [0.5, 0.6) is 0 Å². The highest BCUT2D eigenvalue weighted by Gasteiger charge is 1.97. The molecule has 0 atom stereocenters. The fraction of sp³-hybridized carbons (Fsp3) is 0. The Balaban J connectivity index is 2.24. The summed E-state index contributed by atoms with van der Waals surface area (Å²) in [7, 11) is 0. The molecule has 0 radical (unpaired) electrons. The molecule has 0 aliphatic carbocycles. The van der Waals surface area contributed by atoms with E-state index in [9.17, 15) is 0 Å². The summed E-state index contributed by atoms with van der Waals surface area (Å²) in [6, 6.07) is 16.3. The molecule has 2 aromatic rings. The van der Waals surface area contributed by atoms with Gasteiger partial charge < -0.3 is 5.32 Å². The van der Waals surface area contributed by atoms with Crippen molar-refractivity contribution in [1.82, 2.24) is 0 Å². The molecule has 1 N–H and O–H groups in total. The molecule has 0 amide bonds. The van der Waals surface area contributed by atoms with Gasteiger partial charge in [-0.25, -0.2) is 0 Å². The lowest BCUT2D eigenvalue weighted by Gasteiger charge is -2.05. The second-order valence-corrected chi connectivity index (χ2v) is 3.53. The fourth-order valence-corrected chi connectivity index (χ4v) is 1.58. The summed E-state index contributed by atoms with van der Waals surface area (Å²) in [4.78, 5) is 0. The molecule has 0 saturated heterocycles. The van der Waals surface area contributed by atoms with E-state index in [1.54, 1.807) is 0 Å². The van der Waals surface area contributed by atoms with Crippen LogP contribution < -0.4 is 5.32 Å². The minimum atomic E-state index is 1.05. The minimum absolute atomic E-state index is 1.05. The van der Waals surface area contributed by atoms with E-state index in [4.69, 9.17) is 0 Å². The van der Waals surface area contributed by atoms with Crippen molar-refractivity contribution < 1.29 is 0 Å². The maximum Gasteiger partial charge on any atom is 0.0385 e. The predicted molar refractivity (Wildman–Crippen MR) is 62.1 cm³/mol. The van der Waals surface area contributed by atoms with Crippen LogP contribution in [-0.2, 0) is 0 Å². The minimum Gasteiger partial charge on any atom is -0.356 e. The highest BCUT2D eigenvalue weighted by molar-refractivity contribution is 5.62. The van der Waals surface area contributed by atoms with Crippen LogP contribution in [0.3, 0.4) is 0 Å². The van der Waals surface area contributed by atoms with Gasteiger partial charge in [0.15, 0.2) is 0 Å². The Labute approximate surface area is 88.8 Å². The molecule has 0 spiro atoms. The summed E-state index contributed by atoms with van der Waals surface area (Å²) < 4.78 is 0. The number of hydrogen-bond acceptors (Lipinski definition) is 1. The van der Waals surface area contributed by atoms with Crippen LogP contribution in [0.15, 0.2) is 48.5 Å². The van der Waals surface area contributed by atoms with E-state index in [0.29, 0.717) is 0 Å². The van der Waals surface area contributed by atoms with Crippen LogP contribution in [0.2, 0.25) is 0 Å². The monoisotopic (exact) mass is 191 g/mol. The summed E-state index contributed by atoms with van der Waals surface area (Å²) in [6.45, 7) is 0. The third-order valence-electron chi connectivity index (χ3n) is 2.41. The fourth-order valence-electron chi connectivity index (χ4n) is 1.58. The lowest BCUT2D eigenvalue weighted by Crippen LogP contribution is -1.89. The molecule has 70 valence electrons. The van der Waals surface area contributed by atoms with E-state index >= 15 is 0 Å². The van der Waals surface area contributed by atoms with Crippen LogP contribution in [-0.4, -0.2) is 0 Å². The summed E-state index contributed by atoms with van der Waals surface area (Å²) >= 11 is 0. The SMILES string of the molecule is C1#Cc2ccc(cc2)Nc2ccc1cc2. The van der Waals surface area contributed by atoms with Crippen molar-refractivity contribution in [3.63, 3.8) is 0 Å². The second-order valence-electron chi connectivity index (χ2n) is 3.53. The smallest absolute Gasteiger partial charge is 0.0385 e. The van der Waals surface area contributed by atoms with Gasteiger partial charge in [0.25, 0.3) is 0 Å². The van der Waals surface area contributed by atoms with Crippen molar-refractivity contribution in [2.24, 2.45) is 0 Å². The molecule has 1 heteroatoms.